The van der Waals surface area contributed by atoms with Crippen molar-refractivity contribution in [3.05, 3.63) is 77.6 Å². The lowest BCUT2D eigenvalue weighted by Gasteiger charge is -2.06. The van der Waals surface area contributed by atoms with Gasteiger partial charge in [-0.2, -0.15) is 0 Å². The van der Waals surface area contributed by atoms with Crippen LogP contribution in [0, 0.1) is 0 Å². The minimum atomic E-state index is -0.240. The van der Waals surface area contributed by atoms with Crippen molar-refractivity contribution < 1.29 is 4.79 Å². The molecule has 0 saturated heterocycles. The summed E-state index contributed by atoms with van der Waals surface area (Å²) in [6, 6.07) is 16.4. The molecule has 4 N–H and O–H groups in total. The Morgan fingerprint density at radius 1 is 1.00 bits per heavy atom. The molecule has 2 heterocycles. The number of anilines is 1. The van der Waals surface area contributed by atoms with Gasteiger partial charge in [0.05, 0.1) is 11.3 Å². The van der Waals surface area contributed by atoms with Gasteiger partial charge in [0.25, 0.3) is 0 Å². The Morgan fingerprint density at radius 2 is 1.78 bits per heavy atom. The highest BCUT2D eigenvalue weighted by Gasteiger charge is 2.14. The number of aromatic nitrogens is 2. The zero-order valence-corrected chi connectivity index (χ0v) is 12.4. The molecule has 0 aliphatic rings. The molecule has 0 spiro atoms. The minimum Gasteiger partial charge on any atom is -0.383 e. The van der Waals surface area contributed by atoms with Crippen molar-refractivity contribution in [2.75, 3.05) is 5.73 Å². The normalized spacial score (nSPS) is 10.5. The molecule has 0 aliphatic carbocycles. The van der Waals surface area contributed by atoms with Crippen LogP contribution in [0.2, 0.25) is 0 Å². The van der Waals surface area contributed by atoms with Gasteiger partial charge in [0.2, 0.25) is 5.78 Å². The van der Waals surface area contributed by atoms with Crippen LogP contribution in [0.5, 0.6) is 0 Å². The van der Waals surface area contributed by atoms with Crippen LogP contribution < -0.4 is 11.5 Å². The van der Waals surface area contributed by atoms with Crippen molar-refractivity contribution in [3.8, 4) is 11.3 Å². The SMILES string of the molecule is NCc1ccc(-c2cccc(C(=O)c3cccnc3N)n2)cc1. The second kappa shape index (κ2) is 6.37. The van der Waals surface area contributed by atoms with Crippen LogP contribution >= 0.6 is 0 Å². The number of nitrogen functional groups attached to an aromatic ring is 1. The first-order chi connectivity index (χ1) is 11.2. The number of rotatable bonds is 4. The highest BCUT2D eigenvalue weighted by molar-refractivity contribution is 6.10. The van der Waals surface area contributed by atoms with E-state index in [0.717, 1.165) is 16.8 Å². The van der Waals surface area contributed by atoms with Crippen LogP contribution in [0.3, 0.4) is 0 Å². The van der Waals surface area contributed by atoms with Crippen molar-refractivity contribution in [3.63, 3.8) is 0 Å². The number of nitrogens with zero attached hydrogens (tertiary/aromatic N) is 2. The molecule has 114 valence electrons. The van der Waals surface area contributed by atoms with Gasteiger partial charge in [0, 0.05) is 18.3 Å². The van der Waals surface area contributed by atoms with Crippen molar-refractivity contribution in [1.29, 1.82) is 0 Å². The number of benzene rings is 1. The Bertz CT molecular complexity index is 844. The number of carbonyl (C=O) groups is 1. The van der Waals surface area contributed by atoms with Gasteiger partial charge in [0.1, 0.15) is 11.5 Å². The highest BCUT2D eigenvalue weighted by Crippen LogP contribution is 2.20. The van der Waals surface area contributed by atoms with Gasteiger partial charge in [-0.05, 0) is 29.8 Å². The summed E-state index contributed by atoms with van der Waals surface area (Å²) >= 11 is 0. The maximum atomic E-state index is 12.6. The Hall–Kier alpha value is -3.05. The maximum Gasteiger partial charge on any atom is 0.215 e. The van der Waals surface area contributed by atoms with Crippen molar-refractivity contribution in [2.24, 2.45) is 5.73 Å². The standard InChI is InChI=1S/C18H16N4O/c19-11-12-6-8-13(9-7-12)15-4-1-5-16(22-15)17(23)14-3-2-10-21-18(14)20/h1-10H,11,19H2,(H2,20,21). The Morgan fingerprint density at radius 3 is 2.48 bits per heavy atom. The van der Waals surface area contributed by atoms with E-state index in [4.69, 9.17) is 11.5 Å². The van der Waals surface area contributed by atoms with E-state index in [-0.39, 0.29) is 11.6 Å². The lowest BCUT2D eigenvalue weighted by molar-refractivity contribution is 0.103. The van der Waals surface area contributed by atoms with Crippen molar-refractivity contribution in [1.82, 2.24) is 9.97 Å². The first kappa shape index (κ1) is 14.9. The molecular formula is C18H16N4O. The molecule has 3 aromatic rings. The molecule has 0 amide bonds. The third-order valence-corrected chi connectivity index (χ3v) is 3.55. The summed E-state index contributed by atoms with van der Waals surface area (Å²) in [4.78, 5) is 20.9. The van der Waals surface area contributed by atoms with E-state index in [0.29, 0.717) is 17.8 Å². The molecule has 2 aromatic heterocycles. The summed E-state index contributed by atoms with van der Waals surface area (Å²) in [6.07, 6.45) is 1.55. The molecule has 0 radical (unpaired) electrons. The van der Waals surface area contributed by atoms with Gasteiger partial charge >= 0.3 is 0 Å². The summed E-state index contributed by atoms with van der Waals surface area (Å²) in [6.45, 7) is 0.493. The fraction of sp³-hybridized carbons (Fsp3) is 0.0556. The number of hydrogen-bond acceptors (Lipinski definition) is 5. The second-order valence-electron chi connectivity index (χ2n) is 5.07. The molecule has 5 heteroatoms. The molecule has 0 aliphatic heterocycles. The lowest BCUT2D eigenvalue weighted by atomic mass is 10.1. The van der Waals surface area contributed by atoms with E-state index in [9.17, 15) is 4.79 Å². The highest BCUT2D eigenvalue weighted by atomic mass is 16.1. The van der Waals surface area contributed by atoms with Crippen molar-refractivity contribution >= 4 is 11.6 Å². The molecule has 0 fully saturated rings. The summed E-state index contributed by atoms with van der Waals surface area (Å²) < 4.78 is 0. The van der Waals surface area contributed by atoms with Crippen LogP contribution in [0.4, 0.5) is 5.82 Å². The van der Waals surface area contributed by atoms with Crippen LogP contribution in [-0.4, -0.2) is 15.8 Å². The fourth-order valence-corrected chi connectivity index (χ4v) is 2.28. The van der Waals surface area contributed by atoms with Crippen LogP contribution in [0.15, 0.2) is 60.8 Å². The Kier molecular flexibility index (Phi) is 4.12. The number of carbonyl (C=O) groups excluding carboxylic acids is 1. The van der Waals surface area contributed by atoms with Crippen LogP contribution in [0.25, 0.3) is 11.3 Å². The molecular weight excluding hydrogens is 288 g/mol. The Balaban J connectivity index is 1.96. The zero-order valence-electron chi connectivity index (χ0n) is 12.4. The van der Waals surface area contributed by atoms with Gasteiger partial charge in [-0.1, -0.05) is 30.3 Å². The van der Waals surface area contributed by atoms with Crippen LogP contribution in [-0.2, 0) is 6.54 Å². The van der Waals surface area contributed by atoms with E-state index in [1.54, 1.807) is 30.5 Å². The molecule has 0 unspecified atom stereocenters. The first-order valence-corrected chi connectivity index (χ1v) is 7.20. The molecule has 0 bridgehead atoms. The van der Waals surface area contributed by atoms with E-state index in [2.05, 4.69) is 9.97 Å². The van der Waals surface area contributed by atoms with Crippen LogP contribution in [0.1, 0.15) is 21.6 Å². The second-order valence-corrected chi connectivity index (χ2v) is 5.07. The van der Waals surface area contributed by atoms with Gasteiger partial charge < -0.3 is 11.5 Å². The Labute approximate surface area is 134 Å². The maximum absolute atomic E-state index is 12.6. The number of hydrogen-bond donors (Lipinski definition) is 2. The van der Waals surface area contributed by atoms with Crippen molar-refractivity contribution in [2.45, 2.75) is 6.54 Å². The van der Waals surface area contributed by atoms with E-state index < -0.39 is 0 Å². The predicted octanol–water partition coefficient (Wildman–Crippen LogP) is 2.42. The third kappa shape index (κ3) is 3.09. The summed E-state index contributed by atoms with van der Waals surface area (Å²) in [5, 5.41) is 0. The molecule has 23 heavy (non-hydrogen) atoms. The average Bonchev–Trinajstić information content (AvgIpc) is 2.62. The fourth-order valence-electron chi connectivity index (χ4n) is 2.28. The largest absolute Gasteiger partial charge is 0.383 e. The molecule has 1 aromatic carbocycles. The minimum absolute atomic E-state index is 0.206. The predicted molar refractivity (Wildman–Crippen MR) is 89.6 cm³/mol. The average molecular weight is 304 g/mol. The smallest absolute Gasteiger partial charge is 0.215 e. The van der Waals surface area contributed by atoms with Gasteiger partial charge in [0.15, 0.2) is 0 Å². The summed E-state index contributed by atoms with van der Waals surface area (Å²) in [5.74, 6) is -0.0342. The third-order valence-electron chi connectivity index (χ3n) is 3.55. The molecule has 5 nitrogen and oxygen atoms in total. The topological polar surface area (TPSA) is 94.9 Å². The summed E-state index contributed by atoms with van der Waals surface area (Å²) in [7, 11) is 0. The molecule has 0 saturated carbocycles. The van der Waals surface area contributed by atoms with E-state index in [1.807, 2.05) is 30.3 Å². The van der Waals surface area contributed by atoms with Gasteiger partial charge in [-0.15, -0.1) is 0 Å². The number of ketones is 1. The quantitative estimate of drug-likeness (QED) is 0.722. The zero-order chi connectivity index (χ0) is 16.2. The summed E-state index contributed by atoms with van der Waals surface area (Å²) in [5.41, 5.74) is 14.8. The monoisotopic (exact) mass is 304 g/mol. The molecule has 3 rings (SSSR count). The van der Waals surface area contributed by atoms with E-state index in [1.165, 1.54) is 0 Å². The van der Waals surface area contributed by atoms with Gasteiger partial charge in [-0.3, -0.25) is 4.79 Å². The number of nitrogens with two attached hydrogens (primary N) is 2. The first-order valence-electron chi connectivity index (χ1n) is 7.20. The number of pyridine rings is 2. The molecule has 0 atom stereocenters. The van der Waals surface area contributed by atoms with E-state index >= 15 is 0 Å². The lowest BCUT2D eigenvalue weighted by Crippen LogP contribution is -2.08. The van der Waals surface area contributed by atoms with Gasteiger partial charge in [-0.25, -0.2) is 9.97 Å².